The van der Waals surface area contributed by atoms with Crippen molar-refractivity contribution in [1.82, 2.24) is 0 Å². The molecule has 3 N–H and O–H groups in total. The predicted octanol–water partition coefficient (Wildman–Crippen LogP) is 3.80. The van der Waals surface area contributed by atoms with E-state index in [0.717, 1.165) is 0 Å². The molecule has 142 valence electrons. The normalized spacial score (nSPS) is 14.4. The summed E-state index contributed by atoms with van der Waals surface area (Å²) in [5.74, 6) is -0.643. The molecule has 0 spiro atoms. The number of hydrogen-bond donors (Lipinski definition) is 2. The standard InChI is InChI=1S/C20H24N4O3/c1-6-11(2)20(26)24-15-9-14(21)18-17(12(3)10-22-18)19(15)23-13(4)16(25)7-8-27-5/h7-11H,3,6,21H2,1-2,4-5H3,(H,24,26)/b8-7+,23-13?. The zero-order valence-corrected chi connectivity index (χ0v) is 16.0. The molecule has 1 aliphatic rings. The highest BCUT2D eigenvalue weighted by Gasteiger charge is 2.24. The van der Waals surface area contributed by atoms with Gasteiger partial charge in [0.25, 0.3) is 0 Å². The predicted molar refractivity (Wildman–Crippen MR) is 110 cm³/mol. The molecule has 1 heterocycles. The molecule has 0 fully saturated rings. The summed E-state index contributed by atoms with van der Waals surface area (Å²) in [6.45, 7) is 9.32. The molecule has 0 aliphatic carbocycles. The van der Waals surface area contributed by atoms with Crippen molar-refractivity contribution < 1.29 is 14.3 Å². The van der Waals surface area contributed by atoms with E-state index in [0.29, 0.717) is 40.3 Å². The summed E-state index contributed by atoms with van der Waals surface area (Å²) in [7, 11) is 1.45. The third kappa shape index (κ3) is 4.31. The van der Waals surface area contributed by atoms with Crippen LogP contribution in [0, 0.1) is 5.92 Å². The number of methoxy groups -OCH3 is 1. The summed E-state index contributed by atoms with van der Waals surface area (Å²) < 4.78 is 4.77. The Morgan fingerprint density at radius 1 is 1.48 bits per heavy atom. The lowest BCUT2D eigenvalue weighted by atomic mass is 10.0. The summed E-state index contributed by atoms with van der Waals surface area (Å²) >= 11 is 0. The van der Waals surface area contributed by atoms with Crippen LogP contribution in [0.2, 0.25) is 0 Å². The van der Waals surface area contributed by atoms with Crippen LogP contribution in [0.3, 0.4) is 0 Å². The Morgan fingerprint density at radius 3 is 2.81 bits per heavy atom. The molecule has 2 rings (SSSR count). The summed E-state index contributed by atoms with van der Waals surface area (Å²) in [6, 6.07) is 1.61. The van der Waals surface area contributed by atoms with Gasteiger partial charge in [0.2, 0.25) is 11.7 Å². The van der Waals surface area contributed by atoms with E-state index in [9.17, 15) is 9.59 Å². The molecule has 0 bridgehead atoms. The number of nitrogens with two attached hydrogens (primary N) is 1. The Kier molecular flexibility index (Phi) is 6.28. The van der Waals surface area contributed by atoms with Crippen LogP contribution in [0.15, 0.2) is 35.0 Å². The average molecular weight is 368 g/mol. The zero-order chi connectivity index (χ0) is 20.1. The van der Waals surface area contributed by atoms with E-state index in [4.69, 9.17) is 10.5 Å². The van der Waals surface area contributed by atoms with Crippen LogP contribution in [-0.2, 0) is 14.3 Å². The van der Waals surface area contributed by atoms with E-state index >= 15 is 0 Å². The van der Waals surface area contributed by atoms with E-state index in [1.807, 2.05) is 13.8 Å². The van der Waals surface area contributed by atoms with Gasteiger partial charge < -0.3 is 15.8 Å². The Bertz CT molecular complexity index is 882. The van der Waals surface area contributed by atoms with Crippen LogP contribution in [-0.4, -0.2) is 30.7 Å². The first-order chi connectivity index (χ1) is 12.8. The first kappa shape index (κ1) is 20.1. The highest BCUT2D eigenvalue weighted by atomic mass is 16.5. The number of ketones is 1. The molecule has 27 heavy (non-hydrogen) atoms. The topological polar surface area (TPSA) is 106 Å². The first-order valence-corrected chi connectivity index (χ1v) is 8.59. The van der Waals surface area contributed by atoms with E-state index < -0.39 is 0 Å². The van der Waals surface area contributed by atoms with Gasteiger partial charge in [-0.2, -0.15) is 0 Å². The molecule has 7 nitrogen and oxygen atoms in total. The number of nitrogens with zero attached hydrogens (tertiary/aromatic N) is 2. The van der Waals surface area contributed by atoms with Gasteiger partial charge in [-0.25, -0.2) is 4.99 Å². The number of ether oxygens (including phenoxy) is 1. The number of fused-ring (bicyclic) bond motifs is 1. The second-order valence-electron chi connectivity index (χ2n) is 6.27. The molecule has 0 radical (unpaired) electrons. The van der Waals surface area contributed by atoms with Crippen molar-refractivity contribution in [3.8, 4) is 0 Å². The van der Waals surface area contributed by atoms with Crippen LogP contribution >= 0.6 is 0 Å². The summed E-state index contributed by atoms with van der Waals surface area (Å²) in [5, 5.41) is 2.86. The molecule has 1 atom stereocenters. The van der Waals surface area contributed by atoms with Gasteiger partial charge in [-0.3, -0.25) is 14.6 Å². The van der Waals surface area contributed by atoms with Crippen molar-refractivity contribution in [2.45, 2.75) is 27.2 Å². The maximum atomic E-state index is 12.4. The fourth-order valence-electron chi connectivity index (χ4n) is 2.46. The van der Waals surface area contributed by atoms with E-state index in [2.05, 4.69) is 21.9 Å². The van der Waals surface area contributed by atoms with Crippen molar-refractivity contribution in [2.75, 3.05) is 18.2 Å². The van der Waals surface area contributed by atoms with Gasteiger partial charge in [0.05, 0.1) is 41.8 Å². The summed E-state index contributed by atoms with van der Waals surface area (Å²) in [5.41, 5.74) is 9.32. The number of nitrogen functional groups attached to an aromatic ring is 1. The minimum absolute atomic E-state index is 0.152. The van der Waals surface area contributed by atoms with E-state index in [1.165, 1.54) is 19.4 Å². The SMILES string of the molecule is C=C1C=Nc2c(N)cc(NC(=O)C(C)CC)c(N=C(C)C(=O)/C=C/OC)c21. The second-order valence-corrected chi connectivity index (χ2v) is 6.27. The van der Waals surface area contributed by atoms with Gasteiger partial charge in [-0.05, 0) is 25.0 Å². The van der Waals surface area contributed by atoms with Crippen LogP contribution < -0.4 is 11.1 Å². The minimum atomic E-state index is -0.314. The molecule has 1 aromatic rings. The largest absolute Gasteiger partial charge is 0.504 e. The molecule has 1 amide bonds. The molecule has 1 aliphatic heterocycles. The maximum absolute atomic E-state index is 12.4. The van der Waals surface area contributed by atoms with Crippen molar-refractivity contribution in [2.24, 2.45) is 15.9 Å². The highest BCUT2D eigenvalue weighted by molar-refractivity contribution is 6.43. The molecule has 0 saturated heterocycles. The van der Waals surface area contributed by atoms with Crippen molar-refractivity contribution in [3.05, 3.63) is 30.5 Å². The quantitative estimate of drug-likeness (QED) is 0.330. The molecule has 7 heteroatoms. The van der Waals surface area contributed by atoms with Gasteiger partial charge in [-0.1, -0.05) is 20.4 Å². The Labute approximate surface area is 158 Å². The molecule has 1 unspecified atom stereocenters. The molecule has 0 aromatic heterocycles. The number of nitrogens with one attached hydrogen (secondary N) is 1. The number of benzene rings is 1. The zero-order valence-electron chi connectivity index (χ0n) is 16.0. The van der Waals surface area contributed by atoms with E-state index in [1.54, 1.807) is 19.2 Å². The Balaban J connectivity index is 2.58. The average Bonchev–Trinajstić information content (AvgIpc) is 3.04. The number of anilines is 2. The van der Waals surface area contributed by atoms with Crippen LogP contribution in [0.1, 0.15) is 32.8 Å². The van der Waals surface area contributed by atoms with E-state index in [-0.39, 0.29) is 23.3 Å². The Morgan fingerprint density at radius 2 is 2.19 bits per heavy atom. The summed E-state index contributed by atoms with van der Waals surface area (Å²) in [4.78, 5) is 33.3. The molecular formula is C20H24N4O3. The fraction of sp³-hybridized carbons (Fsp3) is 0.300. The maximum Gasteiger partial charge on any atom is 0.227 e. The van der Waals surface area contributed by atoms with Crippen LogP contribution in [0.4, 0.5) is 22.7 Å². The van der Waals surface area contributed by atoms with Gasteiger partial charge in [0, 0.05) is 23.8 Å². The fourth-order valence-corrected chi connectivity index (χ4v) is 2.46. The van der Waals surface area contributed by atoms with Crippen molar-refractivity contribution in [1.29, 1.82) is 0 Å². The first-order valence-electron chi connectivity index (χ1n) is 8.59. The number of carbonyl (C=O) groups is 2. The number of amides is 1. The van der Waals surface area contributed by atoms with Crippen molar-refractivity contribution >= 4 is 51.9 Å². The number of carbonyl (C=O) groups excluding carboxylic acids is 2. The van der Waals surface area contributed by atoms with Gasteiger partial charge in [0.1, 0.15) is 0 Å². The number of rotatable bonds is 7. The molecule has 0 saturated carbocycles. The number of allylic oxidation sites excluding steroid dienone is 2. The second kappa shape index (κ2) is 8.44. The smallest absolute Gasteiger partial charge is 0.227 e. The number of aliphatic imine (C=N–C) groups is 2. The third-order valence-corrected chi connectivity index (χ3v) is 4.28. The Hall–Kier alpha value is -3.22. The lowest BCUT2D eigenvalue weighted by molar-refractivity contribution is -0.119. The lowest BCUT2D eigenvalue weighted by Gasteiger charge is -2.16. The lowest BCUT2D eigenvalue weighted by Crippen LogP contribution is -2.20. The van der Waals surface area contributed by atoms with Gasteiger partial charge in [0.15, 0.2) is 0 Å². The minimum Gasteiger partial charge on any atom is -0.504 e. The van der Waals surface area contributed by atoms with Gasteiger partial charge >= 0.3 is 0 Å². The van der Waals surface area contributed by atoms with Crippen LogP contribution in [0.25, 0.3) is 5.57 Å². The third-order valence-electron chi connectivity index (χ3n) is 4.28. The molecule has 1 aromatic carbocycles. The monoisotopic (exact) mass is 368 g/mol. The molecular weight excluding hydrogens is 344 g/mol. The van der Waals surface area contributed by atoms with Crippen molar-refractivity contribution in [3.63, 3.8) is 0 Å². The highest BCUT2D eigenvalue weighted by Crippen LogP contribution is 2.46. The van der Waals surface area contributed by atoms with Gasteiger partial charge in [-0.15, -0.1) is 0 Å². The summed E-state index contributed by atoms with van der Waals surface area (Å²) in [6.07, 6.45) is 4.84. The van der Waals surface area contributed by atoms with Crippen LogP contribution in [0.5, 0.6) is 0 Å². The number of hydrogen-bond acceptors (Lipinski definition) is 6.